The van der Waals surface area contributed by atoms with Gasteiger partial charge in [-0.2, -0.15) is 5.10 Å². The second-order valence-corrected chi connectivity index (χ2v) is 7.93. The number of carbonyl (C=O) groups is 1. The largest absolute Gasteiger partial charge is 0.337 e. The van der Waals surface area contributed by atoms with Gasteiger partial charge in [0.2, 0.25) is 5.91 Å². The molecular weight excluding hydrogens is 320 g/mol. The highest BCUT2D eigenvalue weighted by Crippen LogP contribution is 2.28. The van der Waals surface area contributed by atoms with Crippen LogP contribution in [0.25, 0.3) is 0 Å². The molecule has 2 aromatic heterocycles. The SMILES string of the molecule is Cn1cc(C2CCN(CC(=O)N3CCc4sccc4C3)CC2)cn1. The third kappa shape index (κ3) is 3.26. The molecular formula is C18H24N4OS. The van der Waals surface area contributed by atoms with Gasteiger partial charge in [0.15, 0.2) is 0 Å². The Kier molecular flexibility index (Phi) is 4.41. The number of fused-ring (bicyclic) bond motifs is 1. The summed E-state index contributed by atoms with van der Waals surface area (Å²) in [5, 5.41) is 6.42. The highest BCUT2D eigenvalue weighted by Gasteiger charge is 2.26. The topological polar surface area (TPSA) is 41.4 Å². The molecule has 0 atom stereocenters. The van der Waals surface area contributed by atoms with Crippen molar-refractivity contribution in [2.24, 2.45) is 7.05 Å². The first-order chi connectivity index (χ1) is 11.7. The number of rotatable bonds is 3. The molecule has 0 bridgehead atoms. The number of thiophene rings is 1. The van der Waals surface area contributed by atoms with Crippen LogP contribution in [0.3, 0.4) is 0 Å². The lowest BCUT2D eigenvalue weighted by Gasteiger charge is -2.34. The summed E-state index contributed by atoms with van der Waals surface area (Å²) in [5.41, 5.74) is 2.68. The zero-order chi connectivity index (χ0) is 16.5. The van der Waals surface area contributed by atoms with Crippen molar-refractivity contribution in [1.82, 2.24) is 19.6 Å². The van der Waals surface area contributed by atoms with Crippen molar-refractivity contribution < 1.29 is 4.79 Å². The van der Waals surface area contributed by atoms with Crippen LogP contribution in [0.1, 0.15) is 34.8 Å². The van der Waals surface area contributed by atoms with Crippen LogP contribution in [-0.4, -0.2) is 51.7 Å². The van der Waals surface area contributed by atoms with E-state index in [9.17, 15) is 4.79 Å². The summed E-state index contributed by atoms with van der Waals surface area (Å²) in [6.45, 7) is 4.24. The van der Waals surface area contributed by atoms with Gasteiger partial charge in [-0.3, -0.25) is 14.4 Å². The van der Waals surface area contributed by atoms with E-state index in [0.717, 1.165) is 45.4 Å². The Morgan fingerprint density at radius 3 is 2.92 bits per heavy atom. The zero-order valence-electron chi connectivity index (χ0n) is 14.1. The van der Waals surface area contributed by atoms with Crippen LogP contribution in [0.5, 0.6) is 0 Å². The lowest BCUT2D eigenvalue weighted by molar-refractivity contribution is -0.133. The van der Waals surface area contributed by atoms with Crippen LogP contribution in [0.2, 0.25) is 0 Å². The normalized spacial score (nSPS) is 19.5. The lowest BCUT2D eigenvalue weighted by atomic mass is 9.91. The van der Waals surface area contributed by atoms with Crippen LogP contribution in [-0.2, 0) is 24.8 Å². The molecule has 0 N–H and O–H groups in total. The van der Waals surface area contributed by atoms with Gasteiger partial charge in [-0.05, 0) is 60.8 Å². The Morgan fingerprint density at radius 2 is 2.17 bits per heavy atom. The van der Waals surface area contributed by atoms with Crippen LogP contribution in [0, 0.1) is 0 Å². The average molecular weight is 344 g/mol. The van der Waals surface area contributed by atoms with E-state index in [0.29, 0.717) is 12.5 Å². The first-order valence-corrected chi connectivity index (χ1v) is 9.61. The van der Waals surface area contributed by atoms with E-state index in [1.165, 1.54) is 16.0 Å². The minimum Gasteiger partial charge on any atom is -0.337 e. The fraction of sp³-hybridized carbons (Fsp3) is 0.556. The van der Waals surface area contributed by atoms with E-state index < -0.39 is 0 Å². The van der Waals surface area contributed by atoms with Gasteiger partial charge in [-0.1, -0.05) is 0 Å². The summed E-state index contributed by atoms with van der Waals surface area (Å²) < 4.78 is 1.88. The number of piperidine rings is 1. The first-order valence-electron chi connectivity index (χ1n) is 8.73. The third-order valence-electron chi connectivity index (χ3n) is 5.30. The molecule has 2 aliphatic heterocycles. The fourth-order valence-corrected chi connectivity index (χ4v) is 4.72. The number of aryl methyl sites for hydroxylation is 1. The fourth-order valence-electron chi connectivity index (χ4n) is 3.83. The lowest BCUT2D eigenvalue weighted by Crippen LogP contribution is -2.44. The molecule has 2 aromatic rings. The van der Waals surface area contributed by atoms with Gasteiger partial charge in [-0.25, -0.2) is 0 Å². The number of amides is 1. The number of nitrogens with zero attached hydrogens (tertiary/aromatic N) is 4. The molecule has 6 heteroatoms. The van der Waals surface area contributed by atoms with E-state index in [1.54, 1.807) is 0 Å². The Balaban J connectivity index is 1.29. The van der Waals surface area contributed by atoms with Crippen LogP contribution in [0.4, 0.5) is 0 Å². The molecule has 0 unspecified atom stereocenters. The van der Waals surface area contributed by atoms with Crippen molar-refractivity contribution in [3.05, 3.63) is 39.8 Å². The second kappa shape index (κ2) is 6.69. The minimum atomic E-state index is 0.284. The second-order valence-electron chi connectivity index (χ2n) is 6.93. The predicted molar refractivity (Wildman–Crippen MR) is 95.1 cm³/mol. The van der Waals surface area contributed by atoms with Gasteiger partial charge in [0.05, 0.1) is 12.7 Å². The first kappa shape index (κ1) is 15.8. The molecule has 5 nitrogen and oxygen atoms in total. The molecule has 0 saturated carbocycles. The maximum absolute atomic E-state index is 12.6. The molecule has 0 radical (unpaired) electrons. The van der Waals surface area contributed by atoms with E-state index in [4.69, 9.17) is 0 Å². The Hall–Kier alpha value is -1.66. The summed E-state index contributed by atoms with van der Waals surface area (Å²) in [7, 11) is 1.97. The maximum atomic E-state index is 12.6. The number of hydrogen-bond acceptors (Lipinski definition) is 4. The van der Waals surface area contributed by atoms with Crippen molar-refractivity contribution in [2.45, 2.75) is 31.7 Å². The molecule has 1 saturated heterocycles. The molecule has 24 heavy (non-hydrogen) atoms. The van der Waals surface area contributed by atoms with Crippen LogP contribution >= 0.6 is 11.3 Å². The van der Waals surface area contributed by atoms with E-state index >= 15 is 0 Å². The molecule has 0 aliphatic carbocycles. The number of aromatic nitrogens is 2. The molecule has 128 valence electrons. The molecule has 2 aliphatic rings. The molecule has 4 heterocycles. The van der Waals surface area contributed by atoms with E-state index in [2.05, 4.69) is 27.6 Å². The molecule has 0 spiro atoms. The van der Waals surface area contributed by atoms with Crippen LogP contribution < -0.4 is 0 Å². The summed E-state index contributed by atoms with van der Waals surface area (Å²) in [4.78, 5) is 18.4. The van der Waals surface area contributed by atoms with Crippen molar-refractivity contribution in [1.29, 1.82) is 0 Å². The molecule has 1 fully saturated rings. The highest BCUT2D eigenvalue weighted by atomic mass is 32.1. The number of hydrogen-bond donors (Lipinski definition) is 0. The van der Waals surface area contributed by atoms with Gasteiger partial charge >= 0.3 is 0 Å². The quantitative estimate of drug-likeness (QED) is 0.857. The van der Waals surface area contributed by atoms with Gasteiger partial charge in [0.25, 0.3) is 0 Å². The van der Waals surface area contributed by atoms with Crippen molar-refractivity contribution in [2.75, 3.05) is 26.2 Å². The van der Waals surface area contributed by atoms with Crippen molar-refractivity contribution in [3.8, 4) is 0 Å². The standard InChI is InChI=1S/C18H24N4OS/c1-20-11-16(10-19-20)14-2-6-21(7-3-14)13-18(23)22-8-4-17-15(12-22)5-9-24-17/h5,9-11,14H,2-4,6-8,12-13H2,1H3. The number of likely N-dealkylation sites (tertiary alicyclic amines) is 1. The van der Waals surface area contributed by atoms with Crippen LogP contribution in [0.15, 0.2) is 23.8 Å². The van der Waals surface area contributed by atoms with Gasteiger partial charge in [-0.15, -0.1) is 11.3 Å². The summed E-state index contributed by atoms with van der Waals surface area (Å²) in [6.07, 6.45) is 7.36. The third-order valence-corrected chi connectivity index (χ3v) is 6.33. The zero-order valence-corrected chi connectivity index (χ0v) is 15.0. The van der Waals surface area contributed by atoms with Gasteiger partial charge in [0, 0.05) is 31.2 Å². The maximum Gasteiger partial charge on any atom is 0.237 e. The Bertz CT molecular complexity index is 714. The Labute approximate surface area is 146 Å². The minimum absolute atomic E-state index is 0.284. The smallest absolute Gasteiger partial charge is 0.237 e. The molecule has 0 aromatic carbocycles. The summed E-state index contributed by atoms with van der Waals surface area (Å²) in [5.74, 6) is 0.875. The predicted octanol–water partition coefficient (Wildman–Crippen LogP) is 2.25. The molecule has 1 amide bonds. The monoisotopic (exact) mass is 344 g/mol. The van der Waals surface area contributed by atoms with E-state index in [1.807, 2.05) is 34.2 Å². The highest BCUT2D eigenvalue weighted by molar-refractivity contribution is 7.10. The van der Waals surface area contributed by atoms with Gasteiger partial charge in [0.1, 0.15) is 0 Å². The summed E-state index contributed by atoms with van der Waals surface area (Å²) >= 11 is 1.82. The van der Waals surface area contributed by atoms with Gasteiger partial charge < -0.3 is 4.90 Å². The number of carbonyl (C=O) groups excluding carboxylic acids is 1. The molecule has 4 rings (SSSR count). The van der Waals surface area contributed by atoms with E-state index in [-0.39, 0.29) is 5.91 Å². The van der Waals surface area contributed by atoms with Crippen molar-refractivity contribution >= 4 is 17.2 Å². The van der Waals surface area contributed by atoms with Crippen molar-refractivity contribution in [3.63, 3.8) is 0 Å². The average Bonchev–Trinajstić information content (AvgIpc) is 3.23. The Morgan fingerprint density at radius 1 is 1.33 bits per heavy atom. The summed E-state index contributed by atoms with van der Waals surface area (Å²) in [6, 6.07) is 2.17.